The Bertz CT molecular complexity index is 605. The molecule has 0 N–H and O–H groups in total. The standard InChI is InChI=1S/C11H7N6/c1-2-7-12-8(4-1)9-5-3-6-10(13-9)11-14-16-17-15-11/h1-7H/q-1. The van der Waals surface area contributed by atoms with Crippen molar-refractivity contribution in [2.24, 2.45) is 0 Å². The molecule has 0 saturated heterocycles. The number of hydrogen-bond donors (Lipinski definition) is 0. The molecule has 0 radical (unpaired) electrons. The smallest absolute Gasteiger partial charge is 0.0893 e. The van der Waals surface area contributed by atoms with Crippen LogP contribution in [0, 0.1) is 0 Å². The Morgan fingerprint density at radius 1 is 0.882 bits per heavy atom. The van der Waals surface area contributed by atoms with Crippen molar-refractivity contribution in [3.8, 4) is 22.9 Å². The van der Waals surface area contributed by atoms with Gasteiger partial charge in [0.25, 0.3) is 0 Å². The lowest BCUT2D eigenvalue weighted by Gasteiger charge is -2.03. The minimum atomic E-state index is 0.419. The molecule has 0 aliphatic rings. The zero-order chi connectivity index (χ0) is 11.5. The van der Waals surface area contributed by atoms with Crippen molar-refractivity contribution < 1.29 is 0 Å². The average molecular weight is 223 g/mol. The molecule has 0 amide bonds. The van der Waals surface area contributed by atoms with Crippen molar-refractivity contribution in [3.05, 3.63) is 42.6 Å². The first-order valence-corrected chi connectivity index (χ1v) is 5.01. The van der Waals surface area contributed by atoms with Crippen LogP contribution in [0.1, 0.15) is 0 Å². The lowest BCUT2D eigenvalue weighted by Crippen LogP contribution is -1.91. The van der Waals surface area contributed by atoms with Crippen LogP contribution in [-0.4, -0.2) is 25.5 Å². The predicted molar refractivity (Wildman–Crippen MR) is 59.6 cm³/mol. The summed E-state index contributed by atoms with van der Waals surface area (Å²) < 4.78 is 0. The van der Waals surface area contributed by atoms with Crippen LogP contribution in [0.5, 0.6) is 0 Å². The number of hydrogen-bond acceptors (Lipinski definition) is 5. The van der Waals surface area contributed by atoms with Crippen LogP contribution in [0.3, 0.4) is 0 Å². The van der Waals surface area contributed by atoms with Crippen molar-refractivity contribution in [1.82, 2.24) is 30.6 Å². The molecule has 0 saturated carbocycles. The van der Waals surface area contributed by atoms with Crippen LogP contribution < -0.4 is 5.10 Å². The van der Waals surface area contributed by atoms with Crippen molar-refractivity contribution in [2.45, 2.75) is 0 Å². The largest absolute Gasteiger partial charge is 0.329 e. The Labute approximate surface area is 96.8 Å². The third-order valence-corrected chi connectivity index (χ3v) is 2.22. The number of tetrazole rings is 1. The minimum absolute atomic E-state index is 0.419. The van der Waals surface area contributed by atoms with E-state index in [1.807, 2.05) is 36.4 Å². The third-order valence-electron chi connectivity index (χ3n) is 2.22. The second kappa shape index (κ2) is 4.09. The lowest BCUT2D eigenvalue weighted by molar-refractivity contribution is 0.871. The molecule has 0 fully saturated rings. The quantitative estimate of drug-likeness (QED) is 0.643. The molecule has 0 unspecified atom stereocenters. The first-order chi connectivity index (χ1) is 8.43. The maximum Gasteiger partial charge on any atom is 0.0893 e. The first-order valence-electron chi connectivity index (χ1n) is 5.01. The molecule has 0 bridgehead atoms. The number of pyridine rings is 2. The Morgan fingerprint density at radius 3 is 2.53 bits per heavy atom. The minimum Gasteiger partial charge on any atom is -0.329 e. The molecule has 17 heavy (non-hydrogen) atoms. The summed E-state index contributed by atoms with van der Waals surface area (Å²) in [6, 6.07) is 11.2. The summed E-state index contributed by atoms with van der Waals surface area (Å²) in [6.07, 6.45) is 1.73. The third kappa shape index (κ3) is 1.87. The topological polar surface area (TPSA) is 78.5 Å². The Balaban J connectivity index is 2.06. The second-order valence-corrected chi connectivity index (χ2v) is 3.33. The molecule has 0 aliphatic heterocycles. The Morgan fingerprint density at radius 2 is 1.76 bits per heavy atom. The van der Waals surface area contributed by atoms with Crippen LogP contribution in [0.4, 0.5) is 0 Å². The zero-order valence-electron chi connectivity index (χ0n) is 8.72. The summed E-state index contributed by atoms with van der Waals surface area (Å²) in [6.45, 7) is 0. The van der Waals surface area contributed by atoms with Crippen LogP contribution in [0.2, 0.25) is 0 Å². The van der Waals surface area contributed by atoms with Gasteiger partial charge in [-0.1, -0.05) is 12.1 Å². The predicted octanol–water partition coefficient (Wildman–Crippen LogP) is 0.953. The Kier molecular flexibility index (Phi) is 2.31. The molecular weight excluding hydrogens is 216 g/mol. The molecule has 6 heteroatoms. The highest BCUT2D eigenvalue weighted by molar-refractivity contribution is 5.59. The molecule has 0 spiro atoms. The van der Waals surface area contributed by atoms with E-state index in [-0.39, 0.29) is 0 Å². The van der Waals surface area contributed by atoms with Gasteiger partial charge in [0.2, 0.25) is 0 Å². The van der Waals surface area contributed by atoms with Gasteiger partial charge in [-0.05, 0) is 24.3 Å². The fraction of sp³-hybridized carbons (Fsp3) is 0. The van der Waals surface area contributed by atoms with Gasteiger partial charge in [-0.3, -0.25) is 15.3 Å². The highest BCUT2D eigenvalue weighted by atomic mass is 15.5. The molecule has 3 aromatic heterocycles. The van der Waals surface area contributed by atoms with E-state index in [1.54, 1.807) is 6.20 Å². The van der Waals surface area contributed by atoms with Crippen LogP contribution in [0.25, 0.3) is 22.9 Å². The molecule has 3 heterocycles. The molecule has 6 nitrogen and oxygen atoms in total. The van der Waals surface area contributed by atoms with E-state index in [9.17, 15) is 0 Å². The van der Waals surface area contributed by atoms with Crippen molar-refractivity contribution in [2.75, 3.05) is 0 Å². The summed E-state index contributed by atoms with van der Waals surface area (Å²) in [4.78, 5) is 8.65. The summed E-state index contributed by atoms with van der Waals surface area (Å²) in [5.74, 6) is 0.419. The SMILES string of the molecule is c1ccc(-c2cccc(-c3nnn[n-]3)n2)nc1. The van der Waals surface area contributed by atoms with Crippen molar-refractivity contribution in [3.63, 3.8) is 0 Å². The second-order valence-electron chi connectivity index (χ2n) is 3.33. The molecular formula is C11H7N6-. The van der Waals surface area contributed by atoms with Gasteiger partial charge in [-0.2, -0.15) is 5.21 Å². The van der Waals surface area contributed by atoms with Gasteiger partial charge in [0, 0.05) is 6.20 Å². The summed E-state index contributed by atoms with van der Waals surface area (Å²) in [5.41, 5.74) is 2.22. The summed E-state index contributed by atoms with van der Waals surface area (Å²) in [7, 11) is 0. The van der Waals surface area contributed by atoms with E-state index in [1.165, 1.54) is 0 Å². The van der Waals surface area contributed by atoms with Crippen molar-refractivity contribution in [1.29, 1.82) is 0 Å². The van der Waals surface area contributed by atoms with Gasteiger partial charge in [-0.25, -0.2) is 4.98 Å². The lowest BCUT2D eigenvalue weighted by atomic mass is 10.2. The number of rotatable bonds is 2. The Hall–Kier alpha value is -2.63. The number of aromatic nitrogens is 6. The van der Waals surface area contributed by atoms with Gasteiger partial charge >= 0.3 is 0 Å². The van der Waals surface area contributed by atoms with Gasteiger partial charge in [0.15, 0.2) is 0 Å². The summed E-state index contributed by atoms with van der Waals surface area (Å²) >= 11 is 0. The van der Waals surface area contributed by atoms with Crippen LogP contribution in [-0.2, 0) is 0 Å². The van der Waals surface area contributed by atoms with E-state index < -0.39 is 0 Å². The molecule has 82 valence electrons. The molecule has 0 aromatic carbocycles. The van der Waals surface area contributed by atoms with Gasteiger partial charge in [-0.15, -0.1) is 0 Å². The van der Waals surface area contributed by atoms with Gasteiger partial charge in [0.1, 0.15) is 0 Å². The van der Waals surface area contributed by atoms with Crippen molar-refractivity contribution >= 4 is 0 Å². The van der Waals surface area contributed by atoms with E-state index in [4.69, 9.17) is 0 Å². The highest BCUT2D eigenvalue weighted by Crippen LogP contribution is 2.17. The first kappa shape index (κ1) is 9.59. The van der Waals surface area contributed by atoms with Gasteiger partial charge < -0.3 is 5.10 Å². The van der Waals surface area contributed by atoms with Crippen LogP contribution in [0.15, 0.2) is 42.6 Å². The fourth-order valence-corrected chi connectivity index (χ4v) is 1.46. The fourth-order valence-electron chi connectivity index (χ4n) is 1.46. The molecule has 3 aromatic rings. The monoisotopic (exact) mass is 223 g/mol. The van der Waals surface area contributed by atoms with E-state index in [0.717, 1.165) is 11.4 Å². The normalized spacial score (nSPS) is 10.4. The van der Waals surface area contributed by atoms with Gasteiger partial charge in [0.05, 0.1) is 22.9 Å². The molecule has 0 aliphatic carbocycles. The van der Waals surface area contributed by atoms with E-state index in [2.05, 4.69) is 30.6 Å². The maximum atomic E-state index is 4.42. The van der Waals surface area contributed by atoms with E-state index >= 15 is 0 Å². The van der Waals surface area contributed by atoms with E-state index in [0.29, 0.717) is 11.5 Å². The average Bonchev–Trinajstić information content (AvgIpc) is 2.94. The number of nitrogens with zero attached hydrogens (tertiary/aromatic N) is 6. The van der Waals surface area contributed by atoms with Crippen LogP contribution >= 0.6 is 0 Å². The summed E-state index contributed by atoms with van der Waals surface area (Å²) in [5, 5.41) is 14.4. The highest BCUT2D eigenvalue weighted by Gasteiger charge is 2.02. The zero-order valence-corrected chi connectivity index (χ0v) is 8.72. The maximum absolute atomic E-state index is 4.42. The molecule has 3 rings (SSSR count). The molecule has 0 atom stereocenters.